The van der Waals surface area contributed by atoms with Gasteiger partial charge in [-0.05, 0) is 49.6 Å². The highest BCUT2D eigenvalue weighted by molar-refractivity contribution is 5.91. The first-order valence-electron chi connectivity index (χ1n) is 9.38. The Morgan fingerprint density at radius 1 is 0.923 bits per heavy atom. The zero-order valence-electron chi connectivity index (χ0n) is 15.6. The van der Waals surface area contributed by atoms with Crippen molar-refractivity contribution in [1.29, 1.82) is 0 Å². The van der Waals surface area contributed by atoms with Crippen LogP contribution in [0, 0.1) is 6.92 Å². The van der Waals surface area contributed by atoms with E-state index in [4.69, 9.17) is 4.74 Å². The molecule has 2 aromatic rings. The number of amides is 1. The second-order valence-corrected chi connectivity index (χ2v) is 7.43. The van der Waals surface area contributed by atoms with E-state index in [1.54, 1.807) is 7.11 Å². The Bertz CT molecular complexity index is 771. The normalized spacial score (nSPS) is 18.5. The summed E-state index contributed by atoms with van der Waals surface area (Å²) in [5.74, 6) is 1.19. The van der Waals surface area contributed by atoms with Crippen LogP contribution in [0.5, 0.6) is 5.75 Å². The number of piperazine rings is 1. The summed E-state index contributed by atoms with van der Waals surface area (Å²) in [6.45, 7) is 5.42. The molecule has 0 spiro atoms. The largest absolute Gasteiger partial charge is 0.497 e. The highest BCUT2D eigenvalue weighted by atomic mass is 16.5. The van der Waals surface area contributed by atoms with E-state index in [1.807, 2.05) is 12.1 Å². The Labute approximate surface area is 155 Å². The van der Waals surface area contributed by atoms with Gasteiger partial charge in [-0.25, -0.2) is 0 Å². The predicted molar refractivity (Wildman–Crippen MR) is 104 cm³/mol. The second-order valence-electron chi connectivity index (χ2n) is 7.43. The van der Waals surface area contributed by atoms with Gasteiger partial charge in [0, 0.05) is 31.9 Å². The van der Waals surface area contributed by atoms with Gasteiger partial charge in [-0.3, -0.25) is 4.79 Å². The first-order chi connectivity index (χ1) is 12.6. The topological polar surface area (TPSA) is 32.8 Å². The van der Waals surface area contributed by atoms with Gasteiger partial charge in [0.2, 0.25) is 5.91 Å². The average molecular weight is 350 g/mol. The quantitative estimate of drug-likeness (QED) is 0.847. The van der Waals surface area contributed by atoms with Crippen molar-refractivity contribution in [2.45, 2.75) is 25.2 Å². The Morgan fingerprint density at radius 3 is 2.08 bits per heavy atom. The lowest BCUT2D eigenvalue weighted by Crippen LogP contribution is -2.51. The first-order valence-corrected chi connectivity index (χ1v) is 9.38. The van der Waals surface area contributed by atoms with Gasteiger partial charge in [0.05, 0.1) is 12.5 Å². The van der Waals surface area contributed by atoms with Gasteiger partial charge in [0.25, 0.3) is 0 Å². The Hall–Kier alpha value is -2.49. The predicted octanol–water partition coefficient (Wildman–Crippen LogP) is 3.38. The maximum Gasteiger partial charge on any atom is 0.233 e. The first kappa shape index (κ1) is 17.0. The summed E-state index contributed by atoms with van der Waals surface area (Å²) < 4.78 is 5.23. The fourth-order valence-electron chi connectivity index (χ4n) is 3.89. The number of carbonyl (C=O) groups excluding carboxylic acids is 1. The number of ether oxygens (including phenoxy) is 1. The molecule has 0 radical (unpaired) electrons. The number of nitrogens with zero attached hydrogens (tertiary/aromatic N) is 2. The Balaban J connectivity index is 1.41. The van der Waals surface area contributed by atoms with Gasteiger partial charge in [-0.1, -0.05) is 29.8 Å². The highest BCUT2D eigenvalue weighted by Crippen LogP contribution is 2.49. The van der Waals surface area contributed by atoms with Crippen molar-refractivity contribution in [3.8, 4) is 5.75 Å². The fourth-order valence-corrected chi connectivity index (χ4v) is 3.89. The van der Waals surface area contributed by atoms with Crippen molar-refractivity contribution in [1.82, 2.24) is 4.90 Å². The van der Waals surface area contributed by atoms with Crippen LogP contribution >= 0.6 is 0 Å². The molecule has 2 aromatic carbocycles. The maximum atomic E-state index is 13.2. The number of rotatable bonds is 4. The van der Waals surface area contributed by atoms with E-state index in [1.165, 1.54) is 16.8 Å². The summed E-state index contributed by atoms with van der Waals surface area (Å²) in [7, 11) is 1.68. The standard InChI is InChI=1S/C22H26N2O2/c1-17-3-5-18(6-4-17)22(11-12-22)21(25)24-15-13-23(14-16-24)19-7-9-20(26-2)10-8-19/h3-10H,11-16H2,1-2H3. The molecule has 4 heteroatoms. The van der Waals surface area contributed by atoms with Crippen LogP contribution in [-0.2, 0) is 10.2 Å². The summed E-state index contributed by atoms with van der Waals surface area (Å²) in [6, 6.07) is 16.7. The number of hydrogen-bond donors (Lipinski definition) is 0. The molecule has 4 rings (SSSR count). The van der Waals surface area contributed by atoms with Crippen molar-refractivity contribution in [3.05, 3.63) is 59.7 Å². The summed E-state index contributed by atoms with van der Waals surface area (Å²) >= 11 is 0. The molecule has 2 aliphatic rings. The van der Waals surface area contributed by atoms with Gasteiger partial charge >= 0.3 is 0 Å². The lowest BCUT2D eigenvalue weighted by atomic mass is 9.93. The third kappa shape index (κ3) is 3.05. The van der Waals surface area contributed by atoms with E-state index < -0.39 is 0 Å². The van der Waals surface area contributed by atoms with Crippen LogP contribution in [0.1, 0.15) is 24.0 Å². The summed E-state index contributed by atoms with van der Waals surface area (Å²) in [4.78, 5) is 17.6. The zero-order valence-corrected chi connectivity index (χ0v) is 15.6. The molecule has 0 N–H and O–H groups in total. The van der Waals surface area contributed by atoms with Crippen LogP contribution in [0.2, 0.25) is 0 Å². The number of anilines is 1. The monoisotopic (exact) mass is 350 g/mol. The minimum Gasteiger partial charge on any atom is -0.497 e. The molecule has 1 saturated heterocycles. The summed E-state index contributed by atoms with van der Waals surface area (Å²) in [6.07, 6.45) is 1.96. The lowest BCUT2D eigenvalue weighted by molar-refractivity contribution is -0.134. The van der Waals surface area contributed by atoms with E-state index >= 15 is 0 Å². The fraction of sp³-hybridized carbons (Fsp3) is 0.409. The summed E-state index contributed by atoms with van der Waals surface area (Å²) in [5, 5.41) is 0. The molecular weight excluding hydrogens is 324 g/mol. The molecule has 0 bridgehead atoms. The molecule has 0 aromatic heterocycles. The third-order valence-electron chi connectivity index (χ3n) is 5.77. The van der Waals surface area contributed by atoms with Gasteiger partial charge in [-0.15, -0.1) is 0 Å². The van der Waals surface area contributed by atoms with Crippen LogP contribution in [0.4, 0.5) is 5.69 Å². The number of aryl methyl sites for hydroxylation is 1. The summed E-state index contributed by atoms with van der Waals surface area (Å²) in [5.41, 5.74) is 3.36. The molecule has 2 fully saturated rings. The van der Waals surface area contributed by atoms with Gasteiger partial charge in [0.15, 0.2) is 0 Å². The van der Waals surface area contributed by atoms with Crippen molar-refractivity contribution in [2.24, 2.45) is 0 Å². The van der Waals surface area contributed by atoms with E-state index in [0.717, 1.165) is 44.8 Å². The van der Waals surface area contributed by atoms with Gasteiger partial charge in [0.1, 0.15) is 5.75 Å². The van der Waals surface area contributed by atoms with Crippen LogP contribution in [0.25, 0.3) is 0 Å². The van der Waals surface area contributed by atoms with E-state index in [9.17, 15) is 4.79 Å². The molecule has 1 heterocycles. The van der Waals surface area contributed by atoms with E-state index in [-0.39, 0.29) is 5.41 Å². The number of carbonyl (C=O) groups is 1. The molecule has 26 heavy (non-hydrogen) atoms. The average Bonchev–Trinajstić information content (AvgIpc) is 3.50. The molecule has 1 amide bonds. The van der Waals surface area contributed by atoms with E-state index in [0.29, 0.717) is 5.91 Å². The number of benzene rings is 2. The van der Waals surface area contributed by atoms with Crippen molar-refractivity contribution < 1.29 is 9.53 Å². The van der Waals surface area contributed by atoms with Crippen LogP contribution < -0.4 is 9.64 Å². The highest BCUT2D eigenvalue weighted by Gasteiger charge is 2.53. The minimum atomic E-state index is -0.254. The molecular formula is C22H26N2O2. The molecule has 0 unspecified atom stereocenters. The zero-order chi connectivity index (χ0) is 18.1. The number of hydrogen-bond acceptors (Lipinski definition) is 3. The van der Waals surface area contributed by atoms with Crippen LogP contribution in [0.3, 0.4) is 0 Å². The Kier molecular flexibility index (Phi) is 4.35. The van der Waals surface area contributed by atoms with E-state index in [2.05, 4.69) is 53.1 Å². The smallest absolute Gasteiger partial charge is 0.233 e. The second kappa shape index (κ2) is 6.67. The molecule has 136 valence electrons. The van der Waals surface area contributed by atoms with Crippen molar-refractivity contribution in [3.63, 3.8) is 0 Å². The lowest BCUT2D eigenvalue weighted by Gasteiger charge is -2.38. The minimum absolute atomic E-state index is 0.254. The van der Waals surface area contributed by atoms with Crippen molar-refractivity contribution in [2.75, 3.05) is 38.2 Å². The SMILES string of the molecule is COc1ccc(N2CCN(C(=O)C3(c4ccc(C)cc4)CC3)CC2)cc1. The van der Waals surface area contributed by atoms with Gasteiger partial charge < -0.3 is 14.5 Å². The van der Waals surface area contributed by atoms with Crippen LogP contribution in [-0.4, -0.2) is 44.1 Å². The van der Waals surface area contributed by atoms with Crippen LogP contribution in [0.15, 0.2) is 48.5 Å². The molecule has 1 aliphatic heterocycles. The number of methoxy groups -OCH3 is 1. The van der Waals surface area contributed by atoms with Crippen molar-refractivity contribution >= 4 is 11.6 Å². The molecule has 1 saturated carbocycles. The van der Waals surface area contributed by atoms with Gasteiger partial charge in [-0.2, -0.15) is 0 Å². The maximum absolute atomic E-state index is 13.2. The third-order valence-corrected chi connectivity index (χ3v) is 5.77. The molecule has 0 atom stereocenters. The Morgan fingerprint density at radius 2 is 1.54 bits per heavy atom. The molecule has 1 aliphatic carbocycles. The molecule has 4 nitrogen and oxygen atoms in total.